The van der Waals surface area contributed by atoms with Crippen LogP contribution in [0.3, 0.4) is 0 Å². The Morgan fingerprint density at radius 1 is 1.47 bits per heavy atom. The summed E-state index contributed by atoms with van der Waals surface area (Å²) in [5.74, 6) is -0.837. The summed E-state index contributed by atoms with van der Waals surface area (Å²) in [5.41, 5.74) is -0.0777. The summed E-state index contributed by atoms with van der Waals surface area (Å²) in [6.45, 7) is 9.28. The van der Waals surface area contributed by atoms with E-state index in [1.165, 1.54) is 0 Å². The van der Waals surface area contributed by atoms with Crippen molar-refractivity contribution in [3.05, 3.63) is 0 Å². The number of amides is 1. The van der Waals surface area contributed by atoms with Crippen molar-refractivity contribution in [1.82, 2.24) is 10.2 Å². The van der Waals surface area contributed by atoms with Crippen LogP contribution in [0.5, 0.6) is 0 Å². The van der Waals surface area contributed by atoms with Crippen LogP contribution in [0, 0.1) is 5.41 Å². The van der Waals surface area contributed by atoms with Crippen LogP contribution >= 0.6 is 0 Å². The molecule has 1 aliphatic heterocycles. The molecule has 1 saturated heterocycles. The third-order valence-corrected chi connectivity index (χ3v) is 4.00. The Hall–Kier alpha value is -1.10. The highest BCUT2D eigenvalue weighted by molar-refractivity contribution is 5.83. The molecule has 1 aliphatic rings. The molecule has 0 aromatic carbocycles. The van der Waals surface area contributed by atoms with E-state index in [0.29, 0.717) is 6.54 Å². The predicted octanol–water partition coefficient (Wildman–Crippen LogP) is 1.48. The number of aliphatic carboxylic acids is 1. The van der Waals surface area contributed by atoms with Gasteiger partial charge in [-0.3, -0.25) is 9.59 Å². The van der Waals surface area contributed by atoms with Crippen molar-refractivity contribution >= 4 is 11.9 Å². The number of nitrogens with one attached hydrogen (secondary N) is 1. The molecule has 1 fully saturated rings. The Bertz CT molecular complexity index is 342. The molecule has 19 heavy (non-hydrogen) atoms. The zero-order valence-corrected chi connectivity index (χ0v) is 12.4. The van der Waals surface area contributed by atoms with Gasteiger partial charge in [-0.2, -0.15) is 0 Å². The van der Waals surface area contributed by atoms with Gasteiger partial charge in [-0.1, -0.05) is 13.8 Å². The van der Waals surface area contributed by atoms with E-state index in [-0.39, 0.29) is 29.8 Å². The summed E-state index contributed by atoms with van der Waals surface area (Å²) in [4.78, 5) is 25.1. The van der Waals surface area contributed by atoms with Gasteiger partial charge in [0.2, 0.25) is 5.91 Å². The van der Waals surface area contributed by atoms with Crippen molar-refractivity contribution in [3.63, 3.8) is 0 Å². The first-order valence-corrected chi connectivity index (χ1v) is 7.05. The van der Waals surface area contributed by atoms with Gasteiger partial charge in [0.25, 0.3) is 0 Å². The third kappa shape index (κ3) is 3.93. The summed E-state index contributed by atoms with van der Waals surface area (Å²) < 4.78 is 0. The highest BCUT2D eigenvalue weighted by Gasteiger charge is 2.39. The van der Waals surface area contributed by atoms with E-state index >= 15 is 0 Å². The molecule has 0 aromatic heterocycles. The van der Waals surface area contributed by atoms with E-state index in [4.69, 9.17) is 5.11 Å². The number of nitrogens with zero attached hydrogens (tertiary/aromatic N) is 1. The minimum atomic E-state index is -0.866. The van der Waals surface area contributed by atoms with E-state index in [9.17, 15) is 9.59 Å². The number of carbonyl (C=O) groups excluding carboxylic acids is 1. The van der Waals surface area contributed by atoms with Gasteiger partial charge >= 0.3 is 5.97 Å². The van der Waals surface area contributed by atoms with E-state index in [1.807, 2.05) is 6.92 Å². The lowest BCUT2D eigenvalue weighted by Crippen LogP contribution is -2.58. The second kappa shape index (κ2) is 6.37. The van der Waals surface area contributed by atoms with Crippen molar-refractivity contribution < 1.29 is 14.7 Å². The summed E-state index contributed by atoms with van der Waals surface area (Å²) in [7, 11) is 0. The first-order valence-electron chi connectivity index (χ1n) is 7.05. The van der Waals surface area contributed by atoms with E-state index in [1.54, 1.807) is 11.8 Å². The molecule has 2 N–H and O–H groups in total. The van der Waals surface area contributed by atoms with Gasteiger partial charge in [-0.05, 0) is 38.6 Å². The second-order valence-electron chi connectivity index (χ2n) is 6.05. The van der Waals surface area contributed by atoms with Gasteiger partial charge in [0, 0.05) is 12.6 Å². The number of carboxylic acids is 1. The third-order valence-electron chi connectivity index (χ3n) is 4.00. The first kappa shape index (κ1) is 16.0. The maximum absolute atomic E-state index is 12.6. The zero-order valence-electron chi connectivity index (χ0n) is 12.4. The lowest BCUT2D eigenvalue weighted by molar-refractivity contribution is -0.143. The Labute approximate surface area is 115 Å². The van der Waals surface area contributed by atoms with Gasteiger partial charge in [0.05, 0.1) is 12.5 Å². The van der Waals surface area contributed by atoms with Crippen LogP contribution < -0.4 is 5.32 Å². The monoisotopic (exact) mass is 270 g/mol. The number of carboxylic acid groups (broad SMARTS) is 1. The first-order chi connectivity index (χ1) is 8.79. The average molecular weight is 270 g/mol. The Morgan fingerprint density at radius 3 is 2.58 bits per heavy atom. The molecule has 1 heterocycles. The molecule has 0 radical (unpaired) electrons. The molecule has 2 atom stereocenters. The van der Waals surface area contributed by atoms with Crippen LogP contribution in [0.25, 0.3) is 0 Å². The molecule has 2 unspecified atom stereocenters. The van der Waals surface area contributed by atoms with Crippen molar-refractivity contribution in [3.8, 4) is 0 Å². The summed E-state index contributed by atoms with van der Waals surface area (Å²) in [5, 5.41) is 12.2. The zero-order chi connectivity index (χ0) is 14.6. The molecular weight excluding hydrogens is 244 g/mol. The minimum Gasteiger partial charge on any atom is -0.481 e. The van der Waals surface area contributed by atoms with Crippen molar-refractivity contribution in [2.75, 3.05) is 13.1 Å². The molecule has 0 aromatic rings. The molecule has 5 heteroatoms. The SMILES string of the molecule is CCN(C(=O)C1NCCCC1(C)C)C(C)CC(=O)O. The predicted molar refractivity (Wildman–Crippen MR) is 73.9 cm³/mol. The summed E-state index contributed by atoms with van der Waals surface area (Å²) in [6.07, 6.45) is 2.08. The van der Waals surface area contributed by atoms with Gasteiger partial charge < -0.3 is 15.3 Å². The smallest absolute Gasteiger partial charge is 0.305 e. The van der Waals surface area contributed by atoms with Gasteiger partial charge in [0.15, 0.2) is 0 Å². The molecule has 1 amide bonds. The van der Waals surface area contributed by atoms with Crippen molar-refractivity contribution in [2.45, 2.75) is 59.0 Å². The fourth-order valence-corrected chi connectivity index (χ4v) is 2.85. The highest BCUT2D eigenvalue weighted by atomic mass is 16.4. The summed E-state index contributed by atoms with van der Waals surface area (Å²) in [6, 6.07) is -0.480. The standard InChI is InChI=1S/C14H26N2O3/c1-5-16(10(2)9-11(17)18)13(19)12-14(3,4)7-6-8-15-12/h10,12,15H,5-9H2,1-4H3,(H,17,18). The van der Waals surface area contributed by atoms with Gasteiger partial charge in [-0.25, -0.2) is 0 Å². The number of likely N-dealkylation sites (N-methyl/N-ethyl adjacent to an activating group) is 1. The molecule has 0 saturated carbocycles. The topological polar surface area (TPSA) is 69.6 Å². The lowest BCUT2D eigenvalue weighted by Gasteiger charge is -2.42. The van der Waals surface area contributed by atoms with Crippen molar-refractivity contribution in [2.24, 2.45) is 5.41 Å². The highest BCUT2D eigenvalue weighted by Crippen LogP contribution is 2.31. The molecule has 0 spiro atoms. The average Bonchev–Trinajstić information content (AvgIpc) is 2.27. The van der Waals surface area contributed by atoms with Crippen LogP contribution in [0.4, 0.5) is 0 Å². The number of hydrogen-bond acceptors (Lipinski definition) is 3. The van der Waals surface area contributed by atoms with Crippen LogP contribution in [0.2, 0.25) is 0 Å². The molecule has 110 valence electrons. The summed E-state index contributed by atoms with van der Waals surface area (Å²) >= 11 is 0. The van der Waals surface area contributed by atoms with Crippen LogP contribution in [0.1, 0.15) is 47.0 Å². The van der Waals surface area contributed by atoms with Gasteiger partial charge in [0.1, 0.15) is 0 Å². The fraction of sp³-hybridized carbons (Fsp3) is 0.857. The maximum Gasteiger partial charge on any atom is 0.305 e. The largest absolute Gasteiger partial charge is 0.481 e. The quantitative estimate of drug-likeness (QED) is 0.794. The lowest BCUT2D eigenvalue weighted by atomic mass is 9.77. The van der Waals surface area contributed by atoms with Crippen LogP contribution in [-0.2, 0) is 9.59 Å². The Balaban J connectivity index is 2.79. The van der Waals surface area contributed by atoms with Gasteiger partial charge in [-0.15, -0.1) is 0 Å². The van der Waals surface area contributed by atoms with E-state index < -0.39 is 5.97 Å². The second-order valence-corrected chi connectivity index (χ2v) is 6.05. The molecule has 5 nitrogen and oxygen atoms in total. The molecule has 0 aliphatic carbocycles. The van der Waals surface area contributed by atoms with Crippen LogP contribution in [0.15, 0.2) is 0 Å². The number of rotatable bonds is 5. The van der Waals surface area contributed by atoms with Crippen LogP contribution in [-0.4, -0.2) is 47.1 Å². The number of carbonyl (C=O) groups is 2. The molecule has 1 rings (SSSR count). The Morgan fingerprint density at radius 2 is 2.11 bits per heavy atom. The fourth-order valence-electron chi connectivity index (χ4n) is 2.85. The normalized spacial score (nSPS) is 23.7. The molecular formula is C14H26N2O3. The van der Waals surface area contributed by atoms with E-state index in [0.717, 1.165) is 19.4 Å². The maximum atomic E-state index is 12.6. The van der Waals surface area contributed by atoms with Crippen molar-refractivity contribution in [1.29, 1.82) is 0 Å². The van der Waals surface area contributed by atoms with E-state index in [2.05, 4.69) is 19.2 Å². The molecule has 0 bridgehead atoms. The number of piperidine rings is 1. The minimum absolute atomic E-state index is 0.00721. The Kier molecular flexibility index (Phi) is 5.35. The number of hydrogen-bond donors (Lipinski definition) is 2.